The number of rotatable bonds is 1. The Morgan fingerprint density at radius 3 is 2.70 bits per heavy atom. The third-order valence-corrected chi connectivity index (χ3v) is 1.49. The van der Waals surface area contributed by atoms with Gasteiger partial charge in [0.2, 0.25) is 0 Å². The topological polar surface area (TPSA) is 26.0 Å². The Balaban J connectivity index is 3.14. The molecule has 1 rings (SSSR count). The maximum Gasteiger partial charge on any atom is 0.149 e. The van der Waals surface area contributed by atoms with Crippen LogP contribution in [-0.2, 0) is 6.42 Å². The third-order valence-electron chi connectivity index (χ3n) is 1.49. The summed E-state index contributed by atoms with van der Waals surface area (Å²) in [5, 5.41) is 0. The van der Waals surface area contributed by atoms with Crippen LogP contribution < -0.4 is 5.73 Å². The lowest BCUT2D eigenvalue weighted by Gasteiger charge is -2.00. The molecule has 0 amide bonds. The number of nitrogens with two attached hydrogens (primary N) is 1. The highest BCUT2D eigenvalue weighted by Crippen LogP contribution is 2.14. The van der Waals surface area contributed by atoms with Crippen LogP contribution in [0.15, 0.2) is 18.2 Å². The number of aryl methyl sites for hydroxylation is 1. The van der Waals surface area contributed by atoms with Gasteiger partial charge in [-0.2, -0.15) is 0 Å². The average molecular weight is 139 g/mol. The van der Waals surface area contributed by atoms with Gasteiger partial charge in [-0.15, -0.1) is 0 Å². The maximum atomic E-state index is 12.9. The first kappa shape index (κ1) is 7.06. The van der Waals surface area contributed by atoms with E-state index in [0.29, 0.717) is 12.0 Å². The van der Waals surface area contributed by atoms with Crippen molar-refractivity contribution in [3.8, 4) is 0 Å². The quantitative estimate of drug-likeness (QED) is 0.591. The average Bonchev–Trinajstić information content (AvgIpc) is 1.95. The summed E-state index contributed by atoms with van der Waals surface area (Å²) in [4.78, 5) is 0. The number of nitrogen functional groups attached to an aromatic ring is 1. The van der Waals surface area contributed by atoms with Crippen molar-refractivity contribution in [3.05, 3.63) is 29.6 Å². The van der Waals surface area contributed by atoms with E-state index in [4.69, 9.17) is 5.73 Å². The predicted octanol–water partition coefficient (Wildman–Crippen LogP) is 1.97. The highest BCUT2D eigenvalue weighted by Gasteiger charge is 2.00. The lowest BCUT2D eigenvalue weighted by atomic mass is 10.1. The largest absolute Gasteiger partial charge is 0.396 e. The van der Waals surface area contributed by atoms with Crippen molar-refractivity contribution in [1.82, 2.24) is 0 Å². The number of halogens is 1. The first-order valence-electron chi connectivity index (χ1n) is 3.28. The van der Waals surface area contributed by atoms with Gasteiger partial charge >= 0.3 is 0 Å². The van der Waals surface area contributed by atoms with Crippen LogP contribution >= 0.6 is 0 Å². The molecule has 0 aliphatic heterocycles. The minimum atomic E-state index is -0.273. The summed E-state index contributed by atoms with van der Waals surface area (Å²) in [7, 11) is 0. The SMILES string of the molecule is CCc1cccc(N)c1F. The normalized spacial score (nSPS) is 9.80. The van der Waals surface area contributed by atoms with Gasteiger partial charge in [-0.1, -0.05) is 19.1 Å². The highest BCUT2D eigenvalue weighted by atomic mass is 19.1. The third kappa shape index (κ3) is 1.10. The molecule has 2 heteroatoms. The molecule has 0 radical (unpaired) electrons. The summed E-state index contributed by atoms with van der Waals surface area (Å²) < 4.78 is 12.9. The molecule has 54 valence electrons. The molecule has 1 nitrogen and oxygen atoms in total. The molecular weight excluding hydrogens is 129 g/mol. The second-order valence-electron chi connectivity index (χ2n) is 2.17. The molecule has 2 N–H and O–H groups in total. The number of hydrogen-bond acceptors (Lipinski definition) is 1. The van der Waals surface area contributed by atoms with Crippen LogP contribution in [0.3, 0.4) is 0 Å². The van der Waals surface area contributed by atoms with Crippen molar-refractivity contribution in [3.63, 3.8) is 0 Å². The van der Waals surface area contributed by atoms with Crippen LogP contribution in [0.1, 0.15) is 12.5 Å². The lowest BCUT2D eigenvalue weighted by molar-refractivity contribution is 0.617. The van der Waals surface area contributed by atoms with Gasteiger partial charge in [-0.05, 0) is 18.1 Å². The molecule has 0 bridgehead atoms. The van der Waals surface area contributed by atoms with Crippen LogP contribution in [-0.4, -0.2) is 0 Å². The molecule has 0 aliphatic rings. The fourth-order valence-corrected chi connectivity index (χ4v) is 0.873. The summed E-state index contributed by atoms with van der Waals surface area (Å²) in [6.45, 7) is 1.90. The zero-order valence-corrected chi connectivity index (χ0v) is 5.89. The van der Waals surface area contributed by atoms with Crippen LogP contribution in [0, 0.1) is 5.82 Å². The lowest BCUT2D eigenvalue weighted by Crippen LogP contribution is -1.94. The Labute approximate surface area is 59.7 Å². The number of hydrogen-bond donors (Lipinski definition) is 1. The highest BCUT2D eigenvalue weighted by molar-refractivity contribution is 5.42. The Hall–Kier alpha value is -1.05. The van der Waals surface area contributed by atoms with E-state index in [0.717, 1.165) is 0 Å². The summed E-state index contributed by atoms with van der Waals surface area (Å²) in [6, 6.07) is 5.07. The monoisotopic (exact) mass is 139 g/mol. The van der Waals surface area contributed by atoms with E-state index in [2.05, 4.69) is 0 Å². The zero-order chi connectivity index (χ0) is 7.56. The van der Waals surface area contributed by atoms with Crippen LogP contribution in [0.2, 0.25) is 0 Å². The van der Waals surface area contributed by atoms with Crippen LogP contribution in [0.5, 0.6) is 0 Å². The van der Waals surface area contributed by atoms with E-state index < -0.39 is 0 Å². The van der Waals surface area contributed by atoms with Crippen LogP contribution in [0.25, 0.3) is 0 Å². The van der Waals surface area contributed by atoms with Gasteiger partial charge in [0, 0.05) is 0 Å². The molecule has 0 atom stereocenters. The van der Waals surface area contributed by atoms with Gasteiger partial charge < -0.3 is 5.73 Å². The molecule has 10 heavy (non-hydrogen) atoms. The molecule has 0 heterocycles. The second kappa shape index (κ2) is 2.69. The van der Waals surface area contributed by atoms with Crippen molar-refractivity contribution < 1.29 is 4.39 Å². The molecule has 0 fully saturated rings. The standard InChI is InChI=1S/C8H10FN/c1-2-6-4-3-5-7(10)8(6)9/h3-5H,2,10H2,1H3. The van der Waals surface area contributed by atoms with E-state index in [1.807, 2.05) is 6.92 Å². The predicted molar refractivity (Wildman–Crippen MR) is 40.2 cm³/mol. The molecule has 0 saturated heterocycles. The fourth-order valence-electron chi connectivity index (χ4n) is 0.873. The summed E-state index contributed by atoms with van der Waals surface area (Å²) in [5.74, 6) is -0.273. The van der Waals surface area contributed by atoms with Crippen molar-refractivity contribution in [2.24, 2.45) is 0 Å². The van der Waals surface area contributed by atoms with Gasteiger partial charge in [0.15, 0.2) is 0 Å². The summed E-state index contributed by atoms with van der Waals surface area (Å²) in [5.41, 5.74) is 6.24. The minimum Gasteiger partial charge on any atom is -0.396 e. The molecule has 0 saturated carbocycles. The molecule has 1 aromatic rings. The smallest absolute Gasteiger partial charge is 0.149 e. The van der Waals surface area contributed by atoms with E-state index >= 15 is 0 Å². The van der Waals surface area contributed by atoms with Gasteiger partial charge in [0.25, 0.3) is 0 Å². The molecule has 0 spiro atoms. The molecule has 0 aromatic heterocycles. The van der Waals surface area contributed by atoms with Crippen molar-refractivity contribution >= 4 is 5.69 Å². The van der Waals surface area contributed by atoms with Crippen LogP contribution in [0.4, 0.5) is 10.1 Å². The molecule has 0 aliphatic carbocycles. The van der Waals surface area contributed by atoms with E-state index in [-0.39, 0.29) is 11.5 Å². The number of benzene rings is 1. The van der Waals surface area contributed by atoms with E-state index in [1.54, 1.807) is 18.2 Å². The van der Waals surface area contributed by atoms with E-state index in [1.165, 1.54) is 0 Å². The van der Waals surface area contributed by atoms with Gasteiger partial charge in [0.05, 0.1) is 5.69 Å². The van der Waals surface area contributed by atoms with Crippen molar-refractivity contribution in [2.45, 2.75) is 13.3 Å². The number of anilines is 1. The second-order valence-corrected chi connectivity index (χ2v) is 2.17. The Kier molecular flexibility index (Phi) is 1.90. The van der Waals surface area contributed by atoms with Crippen molar-refractivity contribution in [1.29, 1.82) is 0 Å². The molecular formula is C8H10FN. The first-order chi connectivity index (χ1) is 4.75. The van der Waals surface area contributed by atoms with Gasteiger partial charge in [0.1, 0.15) is 5.82 Å². The minimum absolute atomic E-state index is 0.236. The van der Waals surface area contributed by atoms with Crippen molar-refractivity contribution in [2.75, 3.05) is 5.73 Å². The van der Waals surface area contributed by atoms with Gasteiger partial charge in [-0.25, -0.2) is 4.39 Å². The Bertz CT molecular complexity index is 233. The fraction of sp³-hybridized carbons (Fsp3) is 0.250. The summed E-state index contributed by atoms with van der Waals surface area (Å²) >= 11 is 0. The molecule has 1 aromatic carbocycles. The Morgan fingerprint density at radius 1 is 1.50 bits per heavy atom. The Morgan fingerprint density at radius 2 is 2.20 bits per heavy atom. The maximum absolute atomic E-state index is 12.9. The first-order valence-corrected chi connectivity index (χ1v) is 3.28. The summed E-state index contributed by atoms with van der Waals surface area (Å²) in [6.07, 6.45) is 0.691. The van der Waals surface area contributed by atoms with E-state index in [9.17, 15) is 4.39 Å². The van der Waals surface area contributed by atoms with Gasteiger partial charge in [-0.3, -0.25) is 0 Å². The zero-order valence-electron chi connectivity index (χ0n) is 5.89. The molecule has 0 unspecified atom stereocenters.